The molecule has 0 aliphatic rings. The zero-order valence-corrected chi connectivity index (χ0v) is 9.58. The lowest BCUT2D eigenvalue weighted by atomic mass is 10.1. The Morgan fingerprint density at radius 2 is 2.22 bits per heavy atom. The molecule has 0 amide bonds. The number of H-pyrrole nitrogens is 1. The number of aromatic nitrogens is 5. The van der Waals surface area contributed by atoms with Crippen molar-refractivity contribution < 1.29 is 4.52 Å². The van der Waals surface area contributed by atoms with Crippen LogP contribution in [0.4, 0.5) is 5.69 Å². The highest BCUT2D eigenvalue weighted by molar-refractivity contribution is 5.67. The van der Waals surface area contributed by atoms with Crippen LogP contribution < -0.4 is 5.73 Å². The first-order valence-corrected chi connectivity index (χ1v) is 5.30. The van der Waals surface area contributed by atoms with Crippen molar-refractivity contribution in [1.29, 1.82) is 0 Å². The first kappa shape index (κ1) is 10.5. The van der Waals surface area contributed by atoms with E-state index in [1.165, 1.54) is 6.33 Å². The molecule has 0 saturated carbocycles. The maximum absolute atomic E-state index is 5.84. The van der Waals surface area contributed by atoms with Gasteiger partial charge in [0.25, 0.3) is 5.89 Å². The molecule has 2 heterocycles. The lowest BCUT2D eigenvalue weighted by Crippen LogP contribution is -1.92. The minimum absolute atomic E-state index is 0.365. The topological polar surface area (TPSA) is 107 Å². The van der Waals surface area contributed by atoms with Crippen LogP contribution in [0, 0.1) is 6.92 Å². The van der Waals surface area contributed by atoms with Gasteiger partial charge in [0.05, 0.1) is 0 Å². The Kier molecular flexibility index (Phi) is 2.30. The minimum Gasteiger partial charge on any atom is -0.398 e. The average molecular weight is 242 g/mol. The zero-order valence-electron chi connectivity index (χ0n) is 9.58. The fourth-order valence-corrected chi connectivity index (χ4v) is 1.63. The predicted octanol–water partition coefficient (Wildman–Crippen LogP) is 1.41. The molecule has 3 rings (SSSR count). The van der Waals surface area contributed by atoms with Crippen molar-refractivity contribution in [2.24, 2.45) is 0 Å². The lowest BCUT2D eigenvalue weighted by molar-refractivity contribution is 0.431. The second-order valence-corrected chi connectivity index (χ2v) is 3.78. The zero-order chi connectivity index (χ0) is 12.5. The van der Waals surface area contributed by atoms with Crippen LogP contribution in [0.5, 0.6) is 0 Å². The summed E-state index contributed by atoms with van der Waals surface area (Å²) in [5.74, 6) is 1.24. The number of hydrogen-bond acceptors (Lipinski definition) is 6. The van der Waals surface area contributed by atoms with E-state index in [0.717, 1.165) is 11.1 Å². The van der Waals surface area contributed by atoms with E-state index in [4.69, 9.17) is 10.3 Å². The summed E-state index contributed by atoms with van der Waals surface area (Å²) in [6.45, 7) is 1.91. The first-order valence-electron chi connectivity index (χ1n) is 5.30. The molecule has 0 aliphatic heterocycles. The van der Waals surface area contributed by atoms with Crippen LogP contribution in [-0.4, -0.2) is 25.3 Å². The van der Waals surface area contributed by atoms with E-state index in [1.54, 1.807) is 0 Å². The highest BCUT2D eigenvalue weighted by Gasteiger charge is 2.14. The number of aromatic amines is 1. The van der Waals surface area contributed by atoms with E-state index in [0.29, 0.717) is 23.2 Å². The van der Waals surface area contributed by atoms with Crippen molar-refractivity contribution in [3.63, 3.8) is 0 Å². The predicted molar refractivity (Wildman–Crippen MR) is 64.3 cm³/mol. The van der Waals surface area contributed by atoms with Crippen molar-refractivity contribution in [2.45, 2.75) is 6.92 Å². The van der Waals surface area contributed by atoms with Crippen LogP contribution >= 0.6 is 0 Å². The molecule has 18 heavy (non-hydrogen) atoms. The number of nitrogens with two attached hydrogens (primary N) is 1. The van der Waals surface area contributed by atoms with E-state index in [9.17, 15) is 0 Å². The van der Waals surface area contributed by atoms with Gasteiger partial charge in [0, 0.05) is 11.3 Å². The first-order chi connectivity index (χ1) is 8.75. The highest BCUT2D eigenvalue weighted by atomic mass is 16.5. The molecule has 0 radical (unpaired) electrons. The Morgan fingerprint density at radius 1 is 1.33 bits per heavy atom. The van der Waals surface area contributed by atoms with Gasteiger partial charge in [-0.2, -0.15) is 10.1 Å². The number of rotatable bonds is 2. The molecule has 0 fully saturated rings. The van der Waals surface area contributed by atoms with Crippen molar-refractivity contribution in [3.05, 3.63) is 30.1 Å². The van der Waals surface area contributed by atoms with Gasteiger partial charge in [-0.3, -0.25) is 5.10 Å². The molecule has 1 aromatic carbocycles. The number of anilines is 1. The van der Waals surface area contributed by atoms with E-state index in [1.807, 2.05) is 25.1 Å². The number of nitrogens with one attached hydrogen (secondary N) is 1. The summed E-state index contributed by atoms with van der Waals surface area (Å²) in [6.07, 6.45) is 1.39. The Morgan fingerprint density at radius 3 is 3.00 bits per heavy atom. The van der Waals surface area contributed by atoms with Gasteiger partial charge >= 0.3 is 0 Å². The largest absolute Gasteiger partial charge is 0.398 e. The Labute approximate surface area is 102 Å². The van der Waals surface area contributed by atoms with Crippen molar-refractivity contribution in [1.82, 2.24) is 25.3 Å². The van der Waals surface area contributed by atoms with E-state index < -0.39 is 0 Å². The molecular formula is C11H10N6O. The van der Waals surface area contributed by atoms with E-state index in [-0.39, 0.29) is 0 Å². The molecule has 2 aromatic heterocycles. The van der Waals surface area contributed by atoms with Gasteiger partial charge in [0.1, 0.15) is 6.33 Å². The van der Waals surface area contributed by atoms with Crippen LogP contribution in [0.25, 0.3) is 23.1 Å². The normalized spacial score (nSPS) is 10.7. The summed E-state index contributed by atoms with van der Waals surface area (Å²) >= 11 is 0. The molecule has 3 N–H and O–H groups in total. The molecule has 0 spiro atoms. The van der Waals surface area contributed by atoms with Crippen molar-refractivity contribution in [2.75, 3.05) is 5.73 Å². The number of hydrogen-bond donors (Lipinski definition) is 2. The minimum atomic E-state index is 0.365. The molecule has 7 nitrogen and oxygen atoms in total. The lowest BCUT2D eigenvalue weighted by Gasteiger charge is -2.02. The van der Waals surface area contributed by atoms with Crippen LogP contribution in [0.2, 0.25) is 0 Å². The summed E-state index contributed by atoms with van der Waals surface area (Å²) in [6, 6.07) is 5.55. The van der Waals surface area contributed by atoms with Crippen LogP contribution in [0.3, 0.4) is 0 Å². The molecule has 0 saturated heterocycles. The van der Waals surface area contributed by atoms with Crippen molar-refractivity contribution >= 4 is 5.69 Å². The fourth-order valence-electron chi connectivity index (χ4n) is 1.63. The SMILES string of the molecule is Cc1c(N)cccc1-c1nc(-c2ncn[nH]2)no1. The molecule has 3 aromatic rings. The second-order valence-electron chi connectivity index (χ2n) is 3.78. The number of nitrogen functional groups attached to an aromatic ring is 1. The Balaban J connectivity index is 2.06. The van der Waals surface area contributed by atoms with Gasteiger partial charge in [-0.15, -0.1) is 0 Å². The second kappa shape index (κ2) is 3.95. The van der Waals surface area contributed by atoms with Crippen LogP contribution in [0.1, 0.15) is 5.56 Å². The third kappa shape index (κ3) is 1.61. The summed E-state index contributed by atoms with van der Waals surface area (Å²) in [7, 11) is 0. The Bertz CT molecular complexity index is 673. The molecule has 7 heteroatoms. The fraction of sp³-hybridized carbons (Fsp3) is 0.0909. The third-order valence-electron chi connectivity index (χ3n) is 2.66. The van der Waals surface area contributed by atoms with Crippen LogP contribution in [0.15, 0.2) is 29.0 Å². The van der Waals surface area contributed by atoms with Gasteiger partial charge in [0.15, 0.2) is 5.82 Å². The molecular weight excluding hydrogens is 232 g/mol. The highest BCUT2D eigenvalue weighted by Crippen LogP contribution is 2.26. The molecule has 0 aliphatic carbocycles. The summed E-state index contributed by atoms with van der Waals surface area (Å²) in [4.78, 5) is 8.21. The maximum Gasteiger partial charge on any atom is 0.258 e. The molecule has 0 bridgehead atoms. The summed E-state index contributed by atoms with van der Waals surface area (Å²) in [5, 5.41) is 10.3. The molecule has 0 unspecified atom stereocenters. The number of nitrogens with zero attached hydrogens (tertiary/aromatic N) is 4. The smallest absolute Gasteiger partial charge is 0.258 e. The van der Waals surface area contributed by atoms with E-state index >= 15 is 0 Å². The molecule has 0 atom stereocenters. The summed E-state index contributed by atoms with van der Waals surface area (Å²) in [5.41, 5.74) is 8.25. The third-order valence-corrected chi connectivity index (χ3v) is 2.66. The van der Waals surface area contributed by atoms with Crippen molar-refractivity contribution in [3.8, 4) is 23.1 Å². The average Bonchev–Trinajstić information content (AvgIpc) is 3.01. The monoisotopic (exact) mass is 242 g/mol. The summed E-state index contributed by atoms with van der Waals surface area (Å²) < 4.78 is 5.21. The van der Waals surface area contributed by atoms with Gasteiger partial charge in [-0.1, -0.05) is 11.2 Å². The van der Waals surface area contributed by atoms with Gasteiger partial charge < -0.3 is 10.3 Å². The Hall–Kier alpha value is -2.70. The van der Waals surface area contributed by atoms with Gasteiger partial charge in [-0.05, 0) is 24.6 Å². The standard InChI is InChI=1S/C11H10N6O/c1-6-7(3-2-4-8(6)12)11-15-10(17-18-11)9-13-5-14-16-9/h2-5H,12H2,1H3,(H,13,14,16). The van der Waals surface area contributed by atoms with Gasteiger partial charge in [0.2, 0.25) is 5.82 Å². The quantitative estimate of drug-likeness (QED) is 0.658. The van der Waals surface area contributed by atoms with E-state index in [2.05, 4.69) is 25.3 Å². The molecule has 90 valence electrons. The van der Waals surface area contributed by atoms with Crippen LogP contribution in [-0.2, 0) is 0 Å². The maximum atomic E-state index is 5.84. The number of benzene rings is 1. The van der Waals surface area contributed by atoms with Gasteiger partial charge in [-0.25, -0.2) is 4.98 Å².